The van der Waals surface area contributed by atoms with Gasteiger partial charge in [0.25, 0.3) is 5.91 Å². The molecular weight excluding hydrogens is 302 g/mol. The van der Waals surface area contributed by atoms with Crippen LogP contribution in [0, 0.1) is 0 Å². The Bertz CT molecular complexity index is 703. The molecule has 5 heteroatoms. The van der Waals surface area contributed by atoms with E-state index in [1.807, 2.05) is 56.0 Å². The number of amides is 1. The Morgan fingerprint density at radius 2 is 2.00 bits per heavy atom. The second kappa shape index (κ2) is 7.09. The van der Waals surface area contributed by atoms with Crippen molar-refractivity contribution in [2.24, 2.45) is 0 Å². The van der Waals surface area contributed by atoms with Gasteiger partial charge in [0.05, 0.1) is 23.9 Å². The van der Waals surface area contributed by atoms with Crippen molar-refractivity contribution in [3.63, 3.8) is 0 Å². The molecule has 0 N–H and O–H groups in total. The predicted molar refractivity (Wildman–Crippen MR) is 91.8 cm³/mol. The van der Waals surface area contributed by atoms with E-state index in [0.717, 1.165) is 11.3 Å². The third-order valence-corrected chi connectivity index (χ3v) is 4.24. The van der Waals surface area contributed by atoms with E-state index in [2.05, 4.69) is 9.97 Å². The topological polar surface area (TPSA) is 55.3 Å². The summed E-state index contributed by atoms with van der Waals surface area (Å²) in [6, 6.07) is 10.0. The molecule has 1 aliphatic heterocycles. The molecule has 1 amide bonds. The van der Waals surface area contributed by atoms with Crippen LogP contribution < -0.4 is 0 Å². The fourth-order valence-electron chi connectivity index (χ4n) is 3.10. The maximum Gasteiger partial charge on any atom is 0.257 e. The van der Waals surface area contributed by atoms with Gasteiger partial charge in [-0.3, -0.25) is 4.79 Å². The van der Waals surface area contributed by atoms with Crippen molar-refractivity contribution in [3.8, 4) is 0 Å². The van der Waals surface area contributed by atoms with Crippen LogP contribution in [0.1, 0.15) is 54.4 Å². The number of ether oxygens (including phenoxy) is 1. The smallest absolute Gasteiger partial charge is 0.257 e. The number of hydrogen-bond acceptors (Lipinski definition) is 4. The Balaban J connectivity index is 1.85. The minimum atomic E-state index is -0.106. The zero-order valence-electron chi connectivity index (χ0n) is 14.3. The number of rotatable bonds is 3. The molecule has 3 rings (SSSR count). The van der Waals surface area contributed by atoms with E-state index in [0.29, 0.717) is 18.7 Å². The Morgan fingerprint density at radius 1 is 1.25 bits per heavy atom. The lowest BCUT2D eigenvalue weighted by atomic mass is 10.0. The Morgan fingerprint density at radius 3 is 2.71 bits per heavy atom. The molecule has 0 saturated carbocycles. The van der Waals surface area contributed by atoms with E-state index in [9.17, 15) is 4.79 Å². The van der Waals surface area contributed by atoms with Crippen molar-refractivity contribution in [2.45, 2.75) is 38.9 Å². The summed E-state index contributed by atoms with van der Waals surface area (Å²) in [5.41, 5.74) is 2.48. The molecule has 1 saturated heterocycles. The van der Waals surface area contributed by atoms with Crippen molar-refractivity contribution >= 4 is 5.91 Å². The Labute approximate surface area is 142 Å². The molecule has 1 aromatic carbocycles. The summed E-state index contributed by atoms with van der Waals surface area (Å²) >= 11 is 0. The van der Waals surface area contributed by atoms with E-state index < -0.39 is 0 Å². The first kappa shape index (κ1) is 16.6. The third kappa shape index (κ3) is 3.46. The molecule has 0 bridgehead atoms. The van der Waals surface area contributed by atoms with Crippen LogP contribution in [0.4, 0.5) is 0 Å². The molecular formula is C19H23N3O2. The first-order valence-electron chi connectivity index (χ1n) is 8.36. The normalized spacial score (nSPS) is 21.1. The SMILES string of the molecule is CC(C)c1ncncc1C(=O)N1C[C@H](C)O[C@@H](c2ccccc2)C1. The van der Waals surface area contributed by atoms with Crippen LogP contribution in [0.2, 0.25) is 0 Å². The highest BCUT2D eigenvalue weighted by atomic mass is 16.5. The lowest BCUT2D eigenvalue weighted by molar-refractivity contribution is -0.0692. The standard InChI is InChI=1S/C19H23N3O2/c1-13(2)18-16(9-20-12-21-18)19(23)22-10-14(3)24-17(11-22)15-7-5-4-6-8-15/h4-9,12-14,17H,10-11H2,1-3H3/t14-,17+/m0/s1. The van der Waals surface area contributed by atoms with Crippen LogP contribution >= 0.6 is 0 Å². The van der Waals surface area contributed by atoms with Gasteiger partial charge in [-0.15, -0.1) is 0 Å². The van der Waals surface area contributed by atoms with Gasteiger partial charge in [0.1, 0.15) is 12.4 Å². The summed E-state index contributed by atoms with van der Waals surface area (Å²) in [5, 5.41) is 0. The third-order valence-electron chi connectivity index (χ3n) is 4.24. The maximum atomic E-state index is 13.0. The molecule has 1 fully saturated rings. The van der Waals surface area contributed by atoms with Crippen LogP contribution in [-0.2, 0) is 4.74 Å². The fourth-order valence-corrected chi connectivity index (χ4v) is 3.10. The van der Waals surface area contributed by atoms with Gasteiger partial charge in [-0.05, 0) is 18.4 Å². The molecule has 0 spiro atoms. The van der Waals surface area contributed by atoms with Crippen LogP contribution in [0.15, 0.2) is 42.9 Å². The number of carbonyl (C=O) groups excluding carboxylic acids is 1. The molecule has 0 aliphatic carbocycles. The van der Waals surface area contributed by atoms with Gasteiger partial charge < -0.3 is 9.64 Å². The van der Waals surface area contributed by atoms with E-state index >= 15 is 0 Å². The number of carbonyl (C=O) groups is 1. The highest BCUT2D eigenvalue weighted by Crippen LogP contribution is 2.27. The summed E-state index contributed by atoms with van der Waals surface area (Å²) in [4.78, 5) is 23.2. The first-order valence-corrected chi connectivity index (χ1v) is 8.36. The summed E-state index contributed by atoms with van der Waals surface area (Å²) < 4.78 is 6.04. The lowest BCUT2D eigenvalue weighted by Crippen LogP contribution is -2.46. The zero-order chi connectivity index (χ0) is 17.1. The number of hydrogen-bond donors (Lipinski definition) is 0. The van der Waals surface area contributed by atoms with Crippen molar-refractivity contribution in [1.29, 1.82) is 0 Å². The van der Waals surface area contributed by atoms with Gasteiger partial charge in [-0.25, -0.2) is 9.97 Å². The van der Waals surface area contributed by atoms with Crippen molar-refractivity contribution in [2.75, 3.05) is 13.1 Å². The molecule has 24 heavy (non-hydrogen) atoms. The van der Waals surface area contributed by atoms with Gasteiger partial charge in [-0.2, -0.15) is 0 Å². The van der Waals surface area contributed by atoms with Gasteiger partial charge in [0.2, 0.25) is 0 Å². The second-order valence-electron chi connectivity index (χ2n) is 6.53. The summed E-state index contributed by atoms with van der Waals surface area (Å²) in [5.74, 6) is 0.158. The number of benzene rings is 1. The van der Waals surface area contributed by atoms with Crippen LogP contribution in [-0.4, -0.2) is 40.0 Å². The van der Waals surface area contributed by atoms with Crippen molar-refractivity contribution in [3.05, 3.63) is 59.7 Å². The minimum Gasteiger partial charge on any atom is -0.367 e. The summed E-state index contributed by atoms with van der Waals surface area (Å²) in [7, 11) is 0. The van der Waals surface area contributed by atoms with Crippen molar-refractivity contribution in [1.82, 2.24) is 14.9 Å². The molecule has 2 heterocycles. The number of nitrogens with zero attached hydrogens (tertiary/aromatic N) is 3. The minimum absolute atomic E-state index is 0.0139. The average Bonchev–Trinajstić information content (AvgIpc) is 2.61. The molecule has 2 aromatic rings. The van der Waals surface area contributed by atoms with Gasteiger partial charge in [0, 0.05) is 12.7 Å². The van der Waals surface area contributed by atoms with E-state index in [1.165, 1.54) is 6.33 Å². The highest BCUT2D eigenvalue weighted by molar-refractivity contribution is 5.95. The monoisotopic (exact) mass is 325 g/mol. The van der Waals surface area contributed by atoms with Gasteiger partial charge in [-0.1, -0.05) is 44.2 Å². The van der Waals surface area contributed by atoms with E-state index in [-0.39, 0.29) is 24.0 Å². The largest absolute Gasteiger partial charge is 0.367 e. The van der Waals surface area contributed by atoms with Crippen LogP contribution in [0.3, 0.4) is 0 Å². The number of aromatic nitrogens is 2. The van der Waals surface area contributed by atoms with Gasteiger partial charge in [0.15, 0.2) is 0 Å². The van der Waals surface area contributed by atoms with E-state index in [1.54, 1.807) is 6.20 Å². The Hall–Kier alpha value is -2.27. The van der Waals surface area contributed by atoms with Crippen LogP contribution in [0.25, 0.3) is 0 Å². The molecule has 0 unspecified atom stereocenters. The summed E-state index contributed by atoms with van der Waals surface area (Å²) in [6.45, 7) is 7.19. The van der Waals surface area contributed by atoms with Crippen LogP contribution in [0.5, 0.6) is 0 Å². The van der Waals surface area contributed by atoms with E-state index in [4.69, 9.17) is 4.74 Å². The molecule has 1 aromatic heterocycles. The molecule has 5 nitrogen and oxygen atoms in total. The van der Waals surface area contributed by atoms with Gasteiger partial charge >= 0.3 is 0 Å². The Kier molecular flexibility index (Phi) is 4.90. The average molecular weight is 325 g/mol. The zero-order valence-corrected chi connectivity index (χ0v) is 14.3. The first-order chi connectivity index (χ1) is 11.6. The molecule has 0 radical (unpaired) electrons. The second-order valence-corrected chi connectivity index (χ2v) is 6.53. The molecule has 126 valence electrons. The molecule has 2 atom stereocenters. The summed E-state index contributed by atoms with van der Waals surface area (Å²) in [6.07, 6.45) is 3.01. The van der Waals surface area contributed by atoms with Crippen molar-refractivity contribution < 1.29 is 9.53 Å². The predicted octanol–water partition coefficient (Wildman–Crippen LogP) is 3.20. The lowest BCUT2D eigenvalue weighted by Gasteiger charge is -2.37. The maximum absolute atomic E-state index is 13.0. The fraction of sp³-hybridized carbons (Fsp3) is 0.421. The number of morpholine rings is 1. The quantitative estimate of drug-likeness (QED) is 0.869. The molecule has 1 aliphatic rings. The highest BCUT2D eigenvalue weighted by Gasteiger charge is 2.31.